The summed E-state index contributed by atoms with van der Waals surface area (Å²) in [5.74, 6) is 1.57. The summed E-state index contributed by atoms with van der Waals surface area (Å²) >= 11 is 0. The predicted octanol–water partition coefficient (Wildman–Crippen LogP) is 1.49. The van der Waals surface area contributed by atoms with Gasteiger partial charge in [0.25, 0.3) is 0 Å². The molecule has 1 saturated carbocycles. The van der Waals surface area contributed by atoms with Crippen molar-refractivity contribution in [2.24, 2.45) is 0 Å². The quantitative estimate of drug-likeness (QED) is 0.649. The molecule has 1 fully saturated rings. The van der Waals surface area contributed by atoms with Gasteiger partial charge < -0.3 is 4.98 Å². The monoisotopic (exact) mass is 150 g/mol. The van der Waals surface area contributed by atoms with Gasteiger partial charge in [-0.1, -0.05) is 6.42 Å². The van der Waals surface area contributed by atoms with Gasteiger partial charge in [0.1, 0.15) is 5.82 Å². The Morgan fingerprint density at radius 2 is 2.45 bits per heavy atom. The molecule has 0 saturated heterocycles. The molecule has 0 atom stereocenters. The SMILES string of the molecule is O=Cc1cnc(C2CCC2)[nH]1. The van der Waals surface area contributed by atoms with Gasteiger partial charge in [-0.15, -0.1) is 0 Å². The van der Waals surface area contributed by atoms with Crippen LogP contribution in [-0.2, 0) is 0 Å². The number of aromatic amines is 1. The maximum atomic E-state index is 10.3. The lowest BCUT2D eigenvalue weighted by Crippen LogP contribution is -2.10. The van der Waals surface area contributed by atoms with Gasteiger partial charge in [-0.25, -0.2) is 4.98 Å². The van der Waals surface area contributed by atoms with Gasteiger partial charge in [0, 0.05) is 5.92 Å². The van der Waals surface area contributed by atoms with Gasteiger partial charge >= 0.3 is 0 Å². The fourth-order valence-corrected chi connectivity index (χ4v) is 1.30. The van der Waals surface area contributed by atoms with Gasteiger partial charge in [-0.3, -0.25) is 4.79 Å². The van der Waals surface area contributed by atoms with Crippen molar-refractivity contribution < 1.29 is 4.79 Å². The summed E-state index contributed by atoms with van der Waals surface area (Å²) in [5, 5.41) is 0. The summed E-state index contributed by atoms with van der Waals surface area (Å²) in [7, 11) is 0. The number of hydrogen-bond donors (Lipinski definition) is 1. The van der Waals surface area contributed by atoms with Gasteiger partial charge in [-0.05, 0) is 12.8 Å². The Labute approximate surface area is 64.8 Å². The maximum absolute atomic E-state index is 10.3. The number of hydrogen-bond acceptors (Lipinski definition) is 2. The zero-order valence-electron chi connectivity index (χ0n) is 6.21. The van der Waals surface area contributed by atoms with E-state index in [1.165, 1.54) is 19.3 Å². The smallest absolute Gasteiger partial charge is 0.167 e. The number of aldehydes is 1. The van der Waals surface area contributed by atoms with E-state index in [0.717, 1.165) is 12.1 Å². The normalized spacial score (nSPS) is 17.8. The van der Waals surface area contributed by atoms with Crippen LogP contribution in [0.25, 0.3) is 0 Å². The first kappa shape index (κ1) is 6.58. The van der Waals surface area contributed by atoms with Crippen LogP contribution in [0.15, 0.2) is 6.20 Å². The van der Waals surface area contributed by atoms with E-state index in [2.05, 4.69) is 9.97 Å². The van der Waals surface area contributed by atoms with Crippen molar-refractivity contribution in [3.8, 4) is 0 Å². The average molecular weight is 150 g/mol. The molecule has 1 aliphatic carbocycles. The Morgan fingerprint density at radius 3 is 2.91 bits per heavy atom. The first-order valence-corrected chi connectivity index (χ1v) is 3.90. The lowest BCUT2D eigenvalue weighted by Gasteiger charge is -2.22. The van der Waals surface area contributed by atoms with Crippen molar-refractivity contribution >= 4 is 6.29 Å². The van der Waals surface area contributed by atoms with E-state index >= 15 is 0 Å². The highest BCUT2D eigenvalue weighted by molar-refractivity contribution is 5.71. The van der Waals surface area contributed by atoms with E-state index in [4.69, 9.17) is 0 Å². The zero-order chi connectivity index (χ0) is 7.68. The van der Waals surface area contributed by atoms with Crippen LogP contribution in [-0.4, -0.2) is 16.3 Å². The Hall–Kier alpha value is -1.12. The number of carbonyl (C=O) groups is 1. The second-order valence-electron chi connectivity index (χ2n) is 2.97. The van der Waals surface area contributed by atoms with Crippen molar-refractivity contribution in [2.45, 2.75) is 25.2 Å². The van der Waals surface area contributed by atoms with Crippen LogP contribution in [0.3, 0.4) is 0 Å². The summed E-state index contributed by atoms with van der Waals surface area (Å²) in [6.07, 6.45) is 6.12. The highest BCUT2D eigenvalue weighted by Crippen LogP contribution is 2.34. The number of H-pyrrole nitrogens is 1. The van der Waals surface area contributed by atoms with Crippen LogP contribution in [0.1, 0.15) is 41.5 Å². The molecule has 1 aromatic rings. The molecule has 0 aromatic carbocycles. The van der Waals surface area contributed by atoms with Crippen LogP contribution in [0.5, 0.6) is 0 Å². The number of aromatic nitrogens is 2. The Kier molecular flexibility index (Phi) is 1.49. The van der Waals surface area contributed by atoms with E-state index in [1.807, 2.05) is 0 Å². The zero-order valence-corrected chi connectivity index (χ0v) is 6.21. The molecule has 1 heterocycles. The largest absolute Gasteiger partial charge is 0.340 e. The van der Waals surface area contributed by atoms with Crippen LogP contribution in [0, 0.1) is 0 Å². The summed E-state index contributed by atoms with van der Waals surface area (Å²) < 4.78 is 0. The van der Waals surface area contributed by atoms with Gasteiger partial charge in [0.05, 0.1) is 11.9 Å². The third kappa shape index (κ3) is 1.06. The summed E-state index contributed by atoms with van der Waals surface area (Å²) in [6, 6.07) is 0. The molecule has 1 aromatic heterocycles. The van der Waals surface area contributed by atoms with Crippen molar-refractivity contribution in [3.05, 3.63) is 17.7 Å². The van der Waals surface area contributed by atoms with Crippen molar-refractivity contribution in [3.63, 3.8) is 0 Å². The fourth-order valence-electron chi connectivity index (χ4n) is 1.30. The summed E-state index contributed by atoms with van der Waals surface area (Å²) in [4.78, 5) is 17.4. The number of nitrogens with zero attached hydrogens (tertiary/aromatic N) is 1. The van der Waals surface area contributed by atoms with Gasteiger partial charge in [0.2, 0.25) is 0 Å². The minimum Gasteiger partial charge on any atom is -0.340 e. The van der Waals surface area contributed by atoms with Crippen molar-refractivity contribution in [1.29, 1.82) is 0 Å². The summed E-state index contributed by atoms with van der Waals surface area (Å²) in [6.45, 7) is 0. The lowest BCUT2D eigenvalue weighted by atomic mass is 9.85. The van der Waals surface area contributed by atoms with Gasteiger partial charge in [0.15, 0.2) is 6.29 Å². The molecule has 0 unspecified atom stereocenters. The van der Waals surface area contributed by atoms with Crippen molar-refractivity contribution in [2.75, 3.05) is 0 Å². The fraction of sp³-hybridized carbons (Fsp3) is 0.500. The topological polar surface area (TPSA) is 45.8 Å². The molecular weight excluding hydrogens is 140 g/mol. The van der Waals surface area contributed by atoms with Crippen LogP contribution in [0.4, 0.5) is 0 Å². The lowest BCUT2D eigenvalue weighted by molar-refractivity contribution is 0.111. The van der Waals surface area contributed by atoms with E-state index in [1.54, 1.807) is 6.20 Å². The first-order chi connectivity index (χ1) is 5.40. The number of nitrogens with one attached hydrogen (secondary N) is 1. The third-order valence-electron chi connectivity index (χ3n) is 2.23. The van der Waals surface area contributed by atoms with E-state index < -0.39 is 0 Å². The second-order valence-corrected chi connectivity index (χ2v) is 2.97. The molecule has 1 aliphatic rings. The third-order valence-corrected chi connectivity index (χ3v) is 2.23. The highest BCUT2D eigenvalue weighted by atomic mass is 16.1. The second kappa shape index (κ2) is 2.49. The molecule has 0 aliphatic heterocycles. The van der Waals surface area contributed by atoms with Crippen LogP contribution < -0.4 is 0 Å². The average Bonchev–Trinajstić information content (AvgIpc) is 2.32. The first-order valence-electron chi connectivity index (χ1n) is 3.90. The molecule has 0 spiro atoms. The Morgan fingerprint density at radius 1 is 1.64 bits per heavy atom. The summed E-state index contributed by atoms with van der Waals surface area (Å²) in [5.41, 5.74) is 0.590. The molecule has 58 valence electrons. The number of imidazole rings is 1. The molecule has 0 bridgehead atoms. The molecule has 11 heavy (non-hydrogen) atoms. The van der Waals surface area contributed by atoms with Crippen molar-refractivity contribution in [1.82, 2.24) is 9.97 Å². The van der Waals surface area contributed by atoms with E-state index in [-0.39, 0.29) is 0 Å². The Balaban J connectivity index is 2.17. The number of carbonyl (C=O) groups excluding carboxylic acids is 1. The molecule has 3 heteroatoms. The Bertz CT molecular complexity index is 263. The maximum Gasteiger partial charge on any atom is 0.167 e. The minimum atomic E-state index is 0.587. The predicted molar refractivity (Wildman–Crippen MR) is 40.6 cm³/mol. The van der Waals surface area contributed by atoms with Crippen LogP contribution >= 0.6 is 0 Å². The van der Waals surface area contributed by atoms with Crippen LogP contribution in [0.2, 0.25) is 0 Å². The molecule has 2 rings (SSSR count). The highest BCUT2D eigenvalue weighted by Gasteiger charge is 2.21. The molecule has 1 N–H and O–H groups in total. The van der Waals surface area contributed by atoms with E-state index in [0.29, 0.717) is 11.6 Å². The molecule has 0 amide bonds. The molecule has 3 nitrogen and oxygen atoms in total. The minimum absolute atomic E-state index is 0.587. The van der Waals surface area contributed by atoms with Gasteiger partial charge in [-0.2, -0.15) is 0 Å². The molecule has 0 radical (unpaired) electrons. The van der Waals surface area contributed by atoms with E-state index in [9.17, 15) is 4.79 Å². The number of rotatable bonds is 2. The standard InChI is InChI=1S/C8H10N2O/c11-5-7-4-9-8(10-7)6-2-1-3-6/h4-6H,1-3H2,(H,9,10). The molecular formula is C8H10N2O.